The lowest BCUT2D eigenvalue weighted by Gasteiger charge is -2.15. The standard InChI is InChI=1S/C20H24N2O5/c1-14(27-18-9-5-16(23)6-10-18)20(25)22-12-11-21-19(24)13-15-3-7-17(26-2)8-4-15/h3-10,14,23H,11-13H2,1-2H3,(H,21,24)(H,22,25). The van der Waals surface area contributed by atoms with Crippen molar-refractivity contribution in [2.24, 2.45) is 0 Å². The Morgan fingerprint density at radius 1 is 0.963 bits per heavy atom. The van der Waals surface area contributed by atoms with E-state index in [0.29, 0.717) is 18.8 Å². The zero-order chi connectivity index (χ0) is 19.6. The molecule has 0 aliphatic heterocycles. The highest BCUT2D eigenvalue weighted by Crippen LogP contribution is 2.17. The third-order valence-electron chi connectivity index (χ3n) is 3.79. The van der Waals surface area contributed by atoms with Gasteiger partial charge in [-0.2, -0.15) is 0 Å². The average Bonchev–Trinajstić information content (AvgIpc) is 2.67. The predicted molar refractivity (Wildman–Crippen MR) is 101 cm³/mol. The van der Waals surface area contributed by atoms with Gasteiger partial charge in [-0.25, -0.2) is 0 Å². The number of ether oxygens (including phenoxy) is 2. The van der Waals surface area contributed by atoms with E-state index in [2.05, 4.69) is 10.6 Å². The van der Waals surface area contributed by atoms with E-state index in [1.165, 1.54) is 12.1 Å². The molecule has 1 unspecified atom stereocenters. The highest BCUT2D eigenvalue weighted by Gasteiger charge is 2.14. The largest absolute Gasteiger partial charge is 0.508 e. The molecule has 0 spiro atoms. The van der Waals surface area contributed by atoms with Gasteiger partial charge in [-0.15, -0.1) is 0 Å². The van der Waals surface area contributed by atoms with E-state index in [0.717, 1.165) is 11.3 Å². The molecular formula is C20H24N2O5. The molecule has 27 heavy (non-hydrogen) atoms. The van der Waals surface area contributed by atoms with Crippen molar-refractivity contribution in [3.63, 3.8) is 0 Å². The summed E-state index contributed by atoms with van der Waals surface area (Å²) in [5, 5.41) is 14.7. The van der Waals surface area contributed by atoms with E-state index in [9.17, 15) is 14.7 Å². The lowest BCUT2D eigenvalue weighted by molar-refractivity contribution is -0.127. The number of carbonyl (C=O) groups is 2. The minimum Gasteiger partial charge on any atom is -0.508 e. The van der Waals surface area contributed by atoms with Crippen LogP contribution in [0.3, 0.4) is 0 Å². The predicted octanol–water partition coefficient (Wildman–Crippen LogP) is 1.64. The topological polar surface area (TPSA) is 96.9 Å². The first-order valence-electron chi connectivity index (χ1n) is 8.61. The summed E-state index contributed by atoms with van der Waals surface area (Å²) in [7, 11) is 1.59. The van der Waals surface area contributed by atoms with Crippen LogP contribution in [0.4, 0.5) is 0 Å². The van der Waals surface area contributed by atoms with Gasteiger partial charge in [0.2, 0.25) is 5.91 Å². The minimum absolute atomic E-state index is 0.122. The number of aromatic hydroxyl groups is 1. The van der Waals surface area contributed by atoms with Crippen molar-refractivity contribution in [1.82, 2.24) is 10.6 Å². The summed E-state index contributed by atoms with van der Waals surface area (Å²) in [4.78, 5) is 23.9. The van der Waals surface area contributed by atoms with Crippen LogP contribution in [-0.2, 0) is 16.0 Å². The summed E-state index contributed by atoms with van der Waals surface area (Å²) >= 11 is 0. The van der Waals surface area contributed by atoms with Crippen LogP contribution in [0.5, 0.6) is 17.2 Å². The zero-order valence-electron chi connectivity index (χ0n) is 15.4. The SMILES string of the molecule is COc1ccc(CC(=O)NCCNC(=O)C(C)Oc2ccc(O)cc2)cc1. The minimum atomic E-state index is -0.690. The number of hydrogen-bond donors (Lipinski definition) is 3. The Morgan fingerprint density at radius 2 is 1.56 bits per heavy atom. The Bertz CT molecular complexity index is 744. The summed E-state index contributed by atoms with van der Waals surface area (Å²) in [5.74, 6) is 0.953. The van der Waals surface area contributed by atoms with Crippen LogP contribution >= 0.6 is 0 Å². The highest BCUT2D eigenvalue weighted by atomic mass is 16.5. The molecule has 144 valence electrons. The zero-order valence-corrected chi connectivity index (χ0v) is 15.4. The van der Waals surface area contributed by atoms with Crippen LogP contribution in [0.15, 0.2) is 48.5 Å². The molecule has 0 saturated heterocycles. The van der Waals surface area contributed by atoms with E-state index in [4.69, 9.17) is 9.47 Å². The second-order valence-corrected chi connectivity index (χ2v) is 5.92. The number of hydrogen-bond acceptors (Lipinski definition) is 5. The fraction of sp³-hybridized carbons (Fsp3) is 0.300. The number of benzene rings is 2. The van der Waals surface area contributed by atoms with Crippen molar-refractivity contribution in [2.45, 2.75) is 19.4 Å². The van der Waals surface area contributed by atoms with Crippen LogP contribution < -0.4 is 20.1 Å². The first-order chi connectivity index (χ1) is 13.0. The summed E-state index contributed by atoms with van der Waals surface area (Å²) in [6, 6.07) is 13.4. The highest BCUT2D eigenvalue weighted by molar-refractivity contribution is 5.81. The molecule has 0 saturated carbocycles. The maximum absolute atomic E-state index is 12.0. The van der Waals surface area contributed by atoms with E-state index in [1.54, 1.807) is 38.3 Å². The van der Waals surface area contributed by atoms with Gasteiger partial charge in [-0.3, -0.25) is 9.59 Å². The van der Waals surface area contributed by atoms with Crippen LogP contribution in [0.1, 0.15) is 12.5 Å². The number of phenolic OH excluding ortho intramolecular Hbond substituents is 1. The fourth-order valence-electron chi connectivity index (χ4n) is 2.30. The molecule has 0 radical (unpaired) electrons. The monoisotopic (exact) mass is 372 g/mol. The number of carbonyl (C=O) groups excluding carboxylic acids is 2. The van der Waals surface area contributed by atoms with Gasteiger partial charge < -0.3 is 25.2 Å². The van der Waals surface area contributed by atoms with Gasteiger partial charge in [-0.1, -0.05) is 12.1 Å². The second kappa shape index (κ2) is 10.1. The van der Waals surface area contributed by atoms with Gasteiger partial charge >= 0.3 is 0 Å². The van der Waals surface area contributed by atoms with Crippen molar-refractivity contribution < 1.29 is 24.2 Å². The molecule has 0 aliphatic rings. The van der Waals surface area contributed by atoms with Crippen LogP contribution in [0.25, 0.3) is 0 Å². The molecule has 3 N–H and O–H groups in total. The van der Waals surface area contributed by atoms with Crippen LogP contribution in [0.2, 0.25) is 0 Å². The van der Waals surface area contributed by atoms with Crippen molar-refractivity contribution in [2.75, 3.05) is 20.2 Å². The second-order valence-electron chi connectivity index (χ2n) is 5.92. The van der Waals surface area contributed by atoms with E-state index in [1.807, 2.05) is 12.1 Å². The molecule has 1 atom stereocenters. The van der Waals surface area contributed by atoms with Crippen molar-refractivity contribution >= 4 is 11.8 Å². The Labute approximate surface area is 158 Å². The quantitative estimate of drug-likeness (QED) is 0.582. The molecule has 2 rings (SSSR count). The van der Waals surface area contributed by atoms with Gasteiger partial charge in [0, 0.05) is 13.1 Å². The molecule has 0 fully saturated rings. The smallest absolute Gasteiger partial charge is 0.260 e. The Morgan fingerprint density at radius 3 is 2.19 bits per heavy atom. The van der Waals surface area contributed by atoms with Crippen molar-refractivity contribution in [3.8, 4) is 17.2 Å². The van der Waals surface area contributed by atoms with Crippen LogP contribution in [0, 0.1) is 0 Å². The lowest BCUT2D eigenvalue weighted by Crippen LogP contribution is -2.41. The summed E-state index contributed by atoms with van der Waals surface area (Å²) in [6.07, 6.45) is -0.428. The molecule has 7 nitrogen and oxygen atoms in total. The molecular weight excluding hydrogens is 348 g/mol. The fourth-order valence-corrected chi connectivity index (χ4v) is 2.30. The molecule has 2 amide bonds. The first kappa shape index (κ1) is 20.1. The lowest BCUT2D eigenvalue weighted by atomic mass is 10.1. The normalized spacial score (nSPS) is 11.3. The van der Waals surface area contributed by atoms with E-state index < -0.39 is 6.10 Å². The number of phenols is 1. The number of nitrogens with one attached hydrogen (secondary N) is 2. The molecule has 2 aromatic rings. The summed E-state index contributed by atoms with van der Waals surface area (Å²) in [5.41, 5.74) is 0.883. The van der Waals surface area contributed by atoms with Gasteiger partial charge in [0.1, 0.15) is 17.2 Å². The van der Waals surface area contributed by atoms with Gasteiger partial charge in [0.05, 0.1) is 13.5 Å². The molecule has 7 heteroatoms. The van der Waals surface area contributed by atoms with Crippen LogP contribution in [-0.4, -0.2) is 43.2 Å². The third kappa shape index (κ3) is 6.89. The Hall–Kier alpha value is -3.22. The van der Waals surface area contributed by atoms with Crippen molar-refractivity contribution in [3.05, 3.63) is 54.1 Å². The average molecular weight is 372 g/mol. The maximum Gasteiger partial charge on any atom is 0.260 e. The number of methoxy groups -OCH3 is 1. The Kier molecular flexibility index (Phi) is 7.49. The summed E-state index contributed by atoms with van der Waals surface area (Å²) in [6.45, 7) is 2.26. The molecule has 2 aromatic carbocycles. The molecule has 0 heterocycles. The molecule has 0 aliphatic carbocycles. The molecule has 0 aromatic heterocycles. The Balaban J connectivity index is 1.65. The van der Waals surface area contributed by atoms with E-state index >= 15 is 0 Å². The van der Waals surface area contributed by atoms with E-state index in [-0.39, 0.29) is 24.0 Å². The van der Waals surface area contributed by atoms with Gasteiger partial charge in [0.25, 0.3) is 5.91 Å². The summed E-state index contributed by atoms with van der Waals surface area (Å²) < 4.78 is 10.6. The molecule has 0 bridgehead atoms. The van der Waals surface area contributed by atoms with Gasteiger partial charge in [0.15, 0.2) is 6.10 Å². The number of rotatable bonds is 9. The maximum atomic E-state index is 12.0. The number of amides is 2. The third-order valence-corrected chi connectivity index (χ3v) is 3.79. The van der Waals surface area contributed by atoms with Crippen molar-refractivity contribution in [1.29, 1.82) is 0 Å². The first-order valence-corrected chi connectivity index (χ1v) is 8.61. The van der Waals surface area contributed by atoms with Gasteiger partial charge in [-0.05, 0) is 48.9 Å².